The first kappa shape index (κ1) is 18.2. The second-order valence-corrected chi connectivity index (χ2v) is 6.86. The number of amides is 1. The molecule has 0 radical (unpaired) electrons. The molecule has 0 atom stereocenters. The number of ether oxygens (including phenoxy) is 1. The highest BCUT2D eigenvalue weighted by Crippen LogP contribution is 2.24. The van der Waals surface area contributed by atoms with Crippen molar-refractivity contribution in [2.75, 3.05) is 37.7 Å². The van der Waals surface area contributed by atoms with Gasteiger partial charge in [-0.25, -0.2) is 4.39 Å². The molecule has 1 aliphatic heterocycles. The highest BCUT2D eigenvalue weighted by atomic mass is 19.1. The number of halogens is 1. The first-order chi connectivity index (χ1) is 12.4. The molecule has 2 aromatic carbocycles. The molecular weight excluding hydrogens is 331 g/mol. The van der Waals surface area contributed by atoms with E-state index < -0.39 is 0 Å². The smallest absolute Gasteiger partial charge is 0.260 e. The summed E-state index contributed by atoms with van der Waals surface area (Å²) in [6.45, 7) is 8.87. The summed E-state index contributed by atoms with van der Waals surface area (Å²) in [6, 6.07) is 10.6. The van der Waals surface area contributed by atoms with Gasteiger partial charge in [-0.3, -0.25) is 4.79 Å². The van der Waals surface area contributed by atoms with Gasteiger partial charge in [-0.1, -0.05) is 17.7 Å². The number of aryl methyl sites for hydroxylation is 3. The standard InChI is InChI=1S/C21H25FN2O2/c1-15-12-16(2)21(17(3)13-15)26-14-20(25)24-10-8-23(9-11-24)19-6-4-18(22)5-7-19/h4-7,12-13H,8-11,14H2,1-3H3. The maximum Gasteiger partial charge on any atom is 0.260 e. The summed E-state index contributed by atoms with van der Waals surface area (Å²) in [5.41, 5.74) is 4.28. The van der Waals surface area contributed by atoms with Gasteiger partial charge in [0.15, 0.2) is 6.61 Å². The highest BCUT2D eigenvalue weighted by Gasteiger charge is 2.22. The second-order valence-electron chi connectivity index (χ2n) is 6.86. The van der Waals surface area contributed by atoms with Gasteiger partial charge < -0.3 is 14.5 Å². The zero-order valence-corrected chi connectivity index (χ0v) is 15.6. The van der Waals surface area contributed by atoms with E-state index in [9.17, 15) is 9.18 Å². The second kappa shape index (κ2) is 7.77. The van der Waals surface area contributed by atoms with Gasteiger partial charge in [-0.05, 0) is 56.2 Å². The maximum atomic E-state index is 13.0. The summed E-state index contributed by atoms with van der Waals surface area (Å²) in [6.07, 6.45) is 0. The number of anilines is 1. The Morgan fingerprint density at radius 2 is 1.58 bits per heavy atom. The number of rotatable bonds is 4. The normalized spacial score (nSPS) is 14.5. The molecule has 26 heavy (non-hydrogen) atoms. The minimum absolute atomic E-state index is 0.00290. The lowest BCUT2D eigenvalue weighted by molar-refractivity contribution is -0.133. The largest absolute Gasteiger partial charge is 0.483 e. The fraction of sp³-hybridized carbons (Fsp3) is 0.381. The molecule has 1 saturated heterocycles. The van der Waals surface area contributed by atoms with Gasteiger partial charge >= 0.3 is 0 Å². The van der Waals surface area contributed by atoms with Crippen LogP contribution in [0.25, 0.3) is 0 Å². The van der Waals surface area contributed by atoms with E-state index in [0.29, 0.717) is 13.1 Å². The summed E-state index contributed by atoms with van der Waals surface area (Å²) < 4.78 is 18.9. The molecule has 5 heteroatoms. The van der Waals surface area contributed by atoms with Crippen LogP contribution in [-0.4, -0.2) is 43.6 Å². The molecule has 0 bridgehead atoms. The first-order valence-electron chi connectivity index (χ1n) is 8.93. The summed E-state index contributed by atoms with van der Waals surface area (Å²) in [5, 5.41) is 0. The van der Waals surface area contributed by atoms with Gasteiger partial charge in [0.05, 0.1) is 0 Å². The Kier molecular flexibility index (Phi) is 5.45. The SMILES string of the molecule is Cc1cc(C)c(OCC(=O)N2CCN(c3ccc(F)cc3)CC2)c(C)c1. The van der Waals surface area contributed by atoms with E-state index in [0.717, 1.165) is 35.7 Å². The zero-order valence-electron chi connectivity index (χ0n) is 15.6. The fourth-order valence-electron chi connectivity index (χ4n) is 3.49. The number of hydrogen-bond acceptors (Lipinski definition) is 3. The zero-order chi connectivity index (χ0) is 18.7. The fourth-order valence-corrected chi connectivity index (χ4v) is 3.49. The number of hydrogen-bond donors (Lipinski definition) is 0. The Hall–Kier alpha value is -2.56. The average Bonchev–Trinajstić information content (AvgIpc) is 2.61. The van der Waals surface area contributed by atoms with E-state index >= 15 is 0 Å². The van der Waals surface area contributed by atoms with Crippen LogP contribution >= 0.6 is 0 Å². The lowest BCUT2D eigenvalue weighted by Gasteiger charge is -2.36. The third-order valence-electron chi connectivity index (χ3n) is 4.77. The summed E-state index contributed by atoms with van der Waals surface area (Å²) in [4.78, 5) is 16.5. The Balaban J connectivity index is 1.53. The lowest BCUT2D eigenvalue weighted by Crippen LogP contribution is -2.50. The van der Waals surface area contributed by atoms with Crippen molar-refractivity contribution in [1.82, 2.24) is 4.90 Å². The summed E-state index contributed by atoms with van der Waals surface area (Å²) >= 11 is 0. The molecule has 1 aliphatic rings. The van der Waals surface area contributed by atoms with E-state index in [1.807, 2.05) is 18.7 Å². The summed E-state index contributed by atoms with van der Waals surface area (Å²) in [5.74, 6) is 0.568. The van der Waals surface area contributed by atoms with Gasteiger partial charge in [-0.15, -0.1) is 0 Å². The van der Waals surface area contributed by atoms with Crippen molar-refractivity contribution < 1.29 is 13.9 Å². The van der Waals surface area contributed by atoms with E-state index in [4.69, 9.17) is 4.74 Å². The molecule has 0 saturated carbocycles. The number of piperazine rings is 1. The highest BCUT2D eigenvalue weighted by molar-refractivity contribution is 5.78. The molecule has 0 spiro atoms. The predicted octanol–water partition coefficient (Wildman–Crippen LogP) is 3.48. The van der Waals surface area contributed by atoms with E-state index in [1.54, 1.807) is 12.1 Å². The van der Waals surface area contributed by atoms with Crippen molar-refractivity contribution >= 4 is 11.6 Å². The van der Waals surface area contributed by atoms with Crippen molar-refractivity contribution in [2.45, 2.75) is 20.8 Å². The van der Waals surface area contributed by atoms with Crippen LogP contribution in [0.4, 0.5) is 10.1 Å². The molecule has 1 fully saturated rings. The van der Waals surface area contributed by atoms with Crippen LogP contribution in [0, 0.1) is 26.6 Å². The monoisotopic (exact) mass is 356 g/mol. The molecule has 3 rings (SSSR count). The molecule has 0 N–H and O–H groups in total. The molecule has 1 amide bonds. The van der Waals surface area contributed by atoms with Crippen LogP contribution in [0.2, 0.25) is 0 Å². The predicted molar refractivity (Wildman–Crippen MR) is 101 cm³/mol. The average molecular weight is 356 g/mol. The van der Waals surface area contributed by atoms with Crippen LogP contribution in [0.15, 0.2) is 36.4 Å². The molecule has 2 aromatic rings. The Morgan fingerprint density at radius 1 is 1.00 bits per heavy atom. The van der Waals surface area contributed by atoms with Crippen molar-refractivity contribution in [3.8, 4) is 5.75 Å². The molecule has 138 valence electrons. The van der Waals surface area contributed by atoms with Crippen LogP contribution in [0.5, 0.6) is 5.75 Å². The minimum atomic E-state index is -0.235. The number of carbonyl (C=O) groups is 1. The molecule has 0 unspecified atom stereocenters. The van der Waals surface area contributed by atoms with Crippen molar-refractivity contribution in [1.29, 1.82) is 0 Å². The third-order valence-corrected chi connectivity index (χ3v) is 4.77. The number of carbonyl (C=O) groups excluding carboxylic acids is 1. The van der Waals surface area contributed by atoms with Gasteiger partial charge in [0, 0.05) is 31.9 Å². The first-order valence-corrected chi connectivity index (χ1v) is 8.93. The Morgan fingerprint density at radius 3 is 2.15 bits per heavy atom. The lowest BCUT2D eigenvalue weighted by atomic mass is 10.1. The van der Waals surface area contributed by atoms with Crippen molar-refractivity contribution in [2.24, 2.45) is 0 Å². The molecule has 0 aromatic heterocycles. The van der Waals surface area contributed by atoms with Crippen LogP contribution in [0.1, 0.15) is 16.7 Å². The molecule has 0 aliphatic carbocycles. The topological polar surface area (TPSA) is 32.8 Å². The molecule has 4 nitrogen and oxygen atoms in total. The number of benzene rings is 2. The van der Waals surface area contributed by atoms with Crippen LogP contribution in [-0.2, 0) is 4.79 Å². The van der Waals surface area contributed by atoms with E-state index in [1.165, 1.54) is 17.7 Å². The quantitative estimate of drug-likeness (QED) is 0.841. The van der Waals surface area contributed by atoms with Gasteiger partial charge in [0.25, 0.3) is 5.91 Å². The van der Waals surface area contributed by atoms with Crippen molar-refractivity contribution in [3.63, 3.8) is 0 Å². The molecular formula is C21H25FN2O2. The summed E-state index contributed by atoms with van der Waals surface area (Å²) in [7, 11) is 0. The maximum absolute atomic E-state index is 13.0. The Labute approximate surface area is 154 Å². The van der Waals surface area contributed by atoms with Crippen LogP contribution < -0.4 is 9.64 Å². The van der Waals surface area contributed by atoms with Crippen molar-refractivity contribution in [3.05, 3.63) is 58.9 Å². The van der Waals surface area contributed by atoms with Gasteiger partial charge in [0.2, 0.25) is 0 Å². The Bertz CT molecular complexity index is 758. The minimum Gasteiger partial charge on any atom is -0.483 e. The molecule has 1 heterocycles. The van der Waals surface area contributed by atoms with E-state index in [-0.39, 0.29) is 18.3 Å². The number of nitrogens with zero attached hydrogens (tertiary/aromatic N) is 2. The van der Waals surface area contributed by atoms with Gasteiger partial charge in [-0.2, -0.15) is 0 Å². The van der Waals surface area contributed by atoms with Crippen LogP contribution in [0.3, 0.4) is 0 Å². The van der Waals surface area contributed by atoms with E-state index in [2.05, 4.69) is 24.0 Å². The van der Waals surface area contributed by atoms with Gasteiger partial charge in [0.1, 0.15) is 11.6 Å². The third kappa shape index (κ3) is 4.15.